The van der Waals surface area contributed by atoms with Gasteiger partial charge in [-0.05, 0) is 19.4 Å². The molecule has 0 spiro atoms. The molecule has 1 aromatic carbocycles. The van der Waals surface area contributed by atoms with Crippen molar-refractivity contribution >= 4 is 21.6 Å². The van der Waals surface area contributed by atoms with Crippen LogP contribution in [0.4, 0.5) is 0 Å². The molecule has 1 fully saturated rings. The highest BCUT2D eigenvalue weighted by Gasteiger charge is 2.44. The molecule has 1 aliphatic rings. The minimum atomic E-state index is -2.01. The van der Waals surface area contributed by atoms with Crippen molar-refractivity contribution in [1.82, 2.24) is 4.90 Å². The van der Waals surface area contributed by atoms with Gasteiger partial charge >= 0.3 is 0 Å². The summed E-state index contributed by atoms with van der Waals surface area (Å²) in [4.78, 5) is 13.8. The molecule has 6 heteroatoms. The summed E-state index contributed by atoms with van der Waals surface area (Å²) in [6.07, 6.45) is -1.03. The third-order valence-electron chi connectivity index (χ3n) is 3.50. The van der Waals surface area contributed by atoms with E-state index in [1.807, 2.05) is 30.3 Å². The molecule has 0 aromatic heterocycles. The lowest BCUT2D eigenvalue weighted by molar-refractivity contribution is -0.176. The van der Waals surface area contributed by atoms with E-state index < -0.39 is 23.6 Å². The van der Waals surface area contributed by atoms with Crippen LogP contribution in [0.25, 0.3) is 0 Å². The number of aliphatic hydroxyl groups is 1. The van der Waals surface area contributed by atoms with E-state index in [0.717, 1.165) is 5.56 Å². The lowest BCUT2D eigenvalue weighted by Crippen LogP contribution is -2.66. The average Bonchev–Trinajstić information content (AvgIpc) is 2.35. The Bertz CT molecular complexity index is 475. The van der Waals surface area contributed by atoms with Crippen LogP contribution in [0.15, 0.2) is 30.3 Å². The molecule has 1 aliphatic heterocycles. The van der Waals surface area contributed by atoms with Crippen molar-refractivity contribution in [3.8, 4) is 0 Å². The lowest BCUT2D eigenvalue weighted by Gasteiger charge is -2.48. The Morgan fingerprint density at radius 1 is 1.30 bits per heavy atom. The van der Waals surface area contributed by atoms with Crippen LogP contribution >= 0.6 is 0 Å². The zero-order valence-electron chi connectivity index (χ0n) is 11.7. The first kappa shape index (κ1) is 15.1. The van der Waals surface area contributed by atoms with Gasteiger partial charge < -0.3 is 14.7 Å². The van der Waals surface area contributed by atoms with Crippen molar-refractivity contribution in [3.63, 3.8) is 0 Å². The van der Waals surface area contributed by atoms with Gasteiger partial charge in [0.1, 0.15) is 21.8 Å². The Labute approximate surface area is 121 Å². The molecule has 3 atom stereocenters. The number of carbonyl (C=O) groups excluding carboxylic acids is 1. The number of rotatable bonds is 3. The third kappa shape index (κ3) is 3.07. The number of nitrogens with zero attached hydrogens (tertiary/aromatic N) is 1. The first-order valence-corrected chi connectivity index (χ1v) is 6.60. The predicted molar refractivity (Wildman–Crippen MR) is 77.2 cm³/mol. The van der Waals surface area contributed by atoms with Gasteiger partial charge in [-0.1, -0.05) is 30.3 Å². The highest BCUT2D eigenvalue weighted by molar-refractivity contribution is 6.39. The van der Waals surface area contributed by atoms with E-state index in [-0.39, 0.29) is 5.91 Å². The molecule has 0 saturated carbocycles. The number of ether oxygens (including phenoxy) is 1. The van der Waals surface area contributed by atoms with Crippen molar-refractivity contribution in [2.75, 3.05) is 0 Å². The maximum atomic E-state index is 12.3. The summed E-state index contributed by atoms with van der Waals surface area (Å²) in [6.45, 7) is 3.76. The third-order valence-corrected chi connectivity index (χ3v) is 3.50. The first-order chi connectivity index (χ1) is 9.30. The quantitative estimate of drug-likeness (QED) is 0.796. The molecule has 1 aromatic rings. The van der Waals surface area contributed by atoms with Gasteiger partial charge in [-0.15, -0.1) is 0 Å². The average molecular weight is 269 g/mol. The number of amides is 1. The second-order valence-electron chi connectivity index (χ2n) is 5.27. The van der Waals surface area contributed by atoms with Crippen LogP contribution in [-0.4, -0.2) is 55.3 Å². The van der Waals surface area contributed by atoms with Crippen LogP contribution in [0.3, 0.4) is 0 Å². The molecule has 102 valence electrons. The first-order valence-electron chi connectivity index (χ1n) is 6.60. The Morgan fingerprint density at radius 3 is 2.45 bits per heavy atom. The van der Waals surface area contributed by atoms with E-state index in [1.165, 1.54) is 4.90 Å². The van der Waals surface area contributed by atoms with Crippen LogP contribution in [0.5, 0.6) is 0 Å². The predicted octanol–water partition coefficient (Wildman–Crippen LogP) is 0.174. The molecule has 20 heavy (non-hydrogen) atoms. The maximum Gasteiger partial charge on any atom is 0.252 e. The van der Waals surface area contributed by atoms with E-state index in [0.29, 0.717) is 6.54 Å². The lowest BCUT2D eigenvalue weighted by atomic mass is 9.59. The molecule has 2 rings (SSSR count). The molecular formula is C14H17B2NO3. The SMILES string of the molecule is [B]C([B])(O)[C@@H]1[C@H](C)OC(C)C(=O)N1Cc1ccccc1. The summed E-state index contributed by atoms with van der Waals surface area (Å²) in [5.74, 6) is -0.230. The van der Waals surface area contributed by atoms with Crippen LogP contribution in [-0.2, 0) is 16.1 Å². The molecule has 1 N–H and O–H groups in total. The molecule has 0 bridgehead atoms. The fraction of sp³-hybridized carbons (Fsp3) is 0.500. The second-order valence-corrected chi connectivity index (χ2v) is 5.27. The number of morpholine rings is 1. The van der Waals surface area contributed by atoms with Gasteiger partial charge in [-0.2, -0.15) is 0 Å². The summed E-state index contributed by atoms with van der Waals surface area (Å²) in [5, 5.41) is 7.94. The fourth-order valence-electron chi connectivity index (χ4n) is 2.66. The number of hydrogen-bond acceptors (Lipinski definition) is 3. The van der Waals surface area contributed by atoms with Crippen LogP contribution in [0.1, 0.15) is 19.4 Å². The largest absolute Gasteiger partial charge is 0.407 e. The maximum absolute atomic E-state index is 12.3. The number of carbonyl (C=O) groups is 1. The molecule has 0 aliphatic carbocycles. The minimum absolute atomic E-state index is 0.230. The minimum Gasteiger partial charge on any atom is -0.407 e. The Hall–Kier alpha value is -1.26. The van der Waals surface area contributed by atoms with Gasteiger partial charge in [0.15, 0.2) is 0 Å². The van der Waals surface area contributed by atoms with Gasteiger partial charge in [-0.3, -0.25) is 4.79 Å². The summed E-state index contributed by atoms with van der Waals surface area (Å²) in [5.41, 5.74) is 0.941. The zero-order valence-corrected chi connectivity index (χ0v) is 11.7. The zero-order chi connectivity index (χ0) is 14.9. The van der Waals surface area contributed by atoms with E-state index in [2.05, 4.69) is 0 Å². The van der Waals surface area contributed by atoms with Crippen molar-refractivity contribution < 1.29 is 14.6 Å². The van der Waals surface area contributed by atoms with Crippen molar-refractivity contribution in [1.29, 1.82) is 0 Å². The summed E-state index contributed by atoms with van der Waals surface area (Å²) in [6, 6.07) is 8.68. The van der Waals surface area contributed by atoms with Crippen LogP contribution in [0.2, 0.25) is 0 Å². The Kier molecular flexibility index (Phi) is 4.25. The molecule has 1 unspecified atom stereocenters. The summed E-state index contributed by atoms with van der Waals surface area (Å²) >= 11 is 0. The van der Waals surface area contributed by atoms with Crippen LogP contribution in [0, 0.1) is 0 Å². The van der Waals surface area contributed by atoms with Crippen molar-refractivity contribution in [3.05, 3.63) is 35.9 Å². The van der Waals surface area contributed by atoms with E-state index in [1.54, 1.807) is 13.8 Å². The van der Waals surface area contributed by atoms with Gasteiger partial charge in [0.05, 0.1) is 12.1 Å². The smallest absolute Gasteiger partial charge is 0.252 e. The van der Waals surface area contributed by atoms with E-state index in [4.69, 9.17) is 20.4 Å². The van der Waals surface area contributed by atoms with Gasteiger partial charge in [0.25, 0.3) is 5.91 Å². The second kappa shape index (κ2) is 5.62. The molecule has 4 radical (unpaired) electrons. The highest BCUT2D eigenvalue weighted by atomic mass is 16.5. The molecular weight excluding hydrogens is 252 g/mol. The number of hydrogen-bond donors (Lipinski definition) is 1. The van der Waals surface area contributed by atoms with Gasteiger partial charge in [-0.25, -0.2) is 0 Å². The monoisotopic (exact) mass is 269 g/mol. The van der Waals surface area contributed by atoms with E-state index in [9.17, 15) is 9.90 Å². The van der Waals surface area contributed by atoms with Crippen molar-refractivity contribution in [2.24, 2.45) is 0 Å². The number of benzene rings is 1. The summed E-state index contributed by atoms with van der Waals surface area (Å²) < 4.78 is 5.49. The molecule has 1 saturated heterocycles. The Balaban J connectivity index is 2.30. The normalized spacial score (nSPS) is 27.6. The Morgan fingerprint density at radius 2 is 1.90 bits per heavy atom. The standard InChI is InChI=1S/C14H17B2NO3/c1-9-12(14(15,16)19)17(13(18)10(2)20-9)8-11-6-4-3-5-7-11/h3-7,9-10,12,19H,8H2,1-2H3/t9-,10?,12-/m0/s1. The molecule has 1 heterocycles. The van der Waals surface area contributed by atoms with Crippen LogP contribution < -0.4 is 0 Å². The van der Waals surface area contributed by atoms with Gasteiger partial charge in [0, 0.05) is 11.9 Å². The highest BCUT2D eigenvalue weighted by Crippen LogP contribution is 2.26. The van der Waals surface area contributed by atoms with Crippen molar-refractivity contribution in [2.45, 2.75) is 44.0 Å². The fourth-order valence-corrected chi connectivity index (χ4v) is 2.66. The molecule has 1 amide bonds. The van der Waals surface area contributed by atoms with Gasteiger partial charge in [0.2, 0.25) is 0 Å². The summed E-state index contributed by atoms with van der Waals surface area (Å²) in [7, 11) is 11.2. The molecule has 4 nitrogen and oxygen atoms in total. The van der Waals surface area contributed by atoms with E-state index >= 15 is 0 Å². The topological polar surface area (TPSA) is 49.8 Å².